The Labute approximate surface area is 112 Å². The lowest BCUT2D eigenvalue weighted by Crippen LogP contribution is -2.12. The van der Waals surface area contributed by atoms with Gasteiger partial charge in [0.2, 0.25) is 0 Å². The number of benzene rings is 1. The average Bonchev–Trinajstić information content (AvgIpc) is 2.92. The Bertz CT molecular complexity index is 721. The fourth-order valence-electron chi connectivity index (χ4n) is 2.60. The van der Waals surface area contributed by atoms with Crippen LogP contribution in [0.3, 0.4) is 0 Å². The van der Waals surface area contributed by atoms with E-state index in [-0.39, 0.29) is 0 Å². The Morgan fingerprint density at radius 1 is 1.26 bits per heavy atom. The van der Waals surface area contributed by atoms with E-state index in [0.717, 1.165) is 17.9 Å². The minimum Gasteiger partial charge on any atom is -0.350 e. The Kier molecular flexibility index (Phi) is 2.87. The Balaban J connectivity index is 2.24. The van der Waals surface area contributed by atoms with Gasteiger partial charge in [-0.05, 0) is 19.1 Å². The van der Waals surface area contributed by atoms with Crippen LogP contribution in [0.5, 0.6) is 0 Å². The molecule has 0 spiro atoms. The molecule has 3 rings (SSSR count). The standard InChI is InChI=1S/C15H18N4/c1-11-9-15(19(17-11)8-7-16)13-10-18(2)14-6-4-3-5-12(13)14/h3-6,9-10H,7-8,16H2,1-2H3. The van der Waals surface area contributed by atoms with Gasteiger partial charge in [0.1, 0.15) is 0 Å². The second-order valence-corrected chi connectivity index (χ2v) is 4.85. The highest BCUT2D eigenvalue weighted by atomic mass is 15.3. The Hall–Kier alpha value is -2.07. The number of aromatic nitrogens is 3. The third kappa shape index (κ3) is 1.94. The van der Waals surface area contributed by atoms with Gasteiger partial charge in [-0.1, -0.05) is 18.2 Å². The van der Waals surface area contributed by atoms with E-state index >= 15 is 0 Å². The van der Waals surface area contributed by atoms with E-state index < -0.39 is 0 Å². The Morgan fingerprint density at radius 3 is 2.84 bits per heavy atom. The van der Waals surface area contributed by atoms with E-state index in [1.165, 1.54) is 16.5 Å². The van der Waals surface area contributed by atoms with Crippen LogP contribution in [0.15, 0.2) is 36.5 Å². The Morgan fingerprint density at radius 2 is 2.05 bits per heavy atom. The molecule has 2 heterocycles. The van der Waals surface area contributed by atoms with Gasteiger partial charge in [0.15, 0.2) is 0 Å². The molecule has 0 aliphatic carbocycles. The molecule has 19 heavy (non-hydrogen) atoms. The lowest BCUT2D eigenvalue weighted by molar-refractivity contribution is 0.626. The fraction of sp³-hybridized carbons (Fsp3) is 0.267. The first-order chi connectivity index (χ1) is 9.20. The maximum Gasteiger partial charge on any atom is 0.0707 e. The summed E-state index contributed by atoms with van der Waals surface area (Å²) in [7, 11) is 2.07. The summed E-state index contributed by atoms with van der Waals surface area (Å²) < 4.78 is 4.15. The van der Waals surface area contributed by atoms with Crippen molar-refractivity contribution in [2.45, 2.75) is 13.5 Å². The molecule has 0 saturated carbocycles. The molecule has 0 fully saturated rings. The highest BCUT2D eigenvalue weighted by Gasteiger charge is 2.13. The van der Waals surface area contributed by atoms with Gasteiger partial charge in [-0.15, -0.1) is 0 Å². The first-order valence-corrected chi connectivity index (χ1v) is 6.49. The molecule has 1 aromatic carbocycles. The first kappa shape index (κ1) is 12.0. The lowest BCUT2D eigenvalue weighted by Gasteiger charge is -2.04. The van der Waals surface area contributed by atoms with E-state index in [9.17, 15) is 0 Å². The summed E-state index contributed by atoms with van der Waals surface area (Å²) in [6, 6.07) is 10.5. The van der Waals surface area contributed by atoms with E-state index in [1.807, 2.05) is 11.6 Å². The van der Waals surface area contributed by atoms with Gasteiger partial charge in [-0.3, -0.25) is 4.68 Å². The van der Waals surface area contributed by atoms with E-state index in [4.69, 9.17) is 5.73 Å². The third-order valence-corrected chi connectivity index (χ3v) is 3.42. The number of para-hydroxylation sites is 1. The summed E-state index contributed by atoms with van der Waals surface area (Å²) in [5.41, 5.74) is 10.3. The maximum absolute atomic E-state index is 5.67. The number of rotatable bonds is 3. The number of hydrogen-bond acceptors (Lipinski definition) is 2. The number of aryl methyl sites for hydroxylation is 2. The van der Waals surface area contributed by atoms with E-state index in [2.05, 4.69) is 53.2 Å². The van der Waals surface area contributed by atoms with E-state index in [1.54, 1.807) is 0 Å². The molecule has 98 valence electrons. The van der Waals surface area contributed by atoms with Crippen LogP contribution in [0.1, 0.15) is 5.69 Å². The van der Waals surface area contributed by atoms with Gasteiger partial charge in [-0.25, -0.2) is 0 Å². The number of nitrogens with two attached hydrogens (primary N) is 1. The molecule has 0 radical (unpaired) electrons. The minimum atomic E-state index is 0.596. The van der Waals surface area contributed by atoms with Crippen LogP contribution in [0, 0.1) is 6.92 Å². The van der Waals surface area contributed by atoms with Crippen molar-refractivity contribution in [2.24, 2.45) is 12.8 Å². The monoisotopic (exact) mass is 254 g/mol. The quantitative estimate of drug-likeness (QED) is 0.779. The SMILES string of the molecule is Cc1cc(-c2cn(C)c3ccccc23)n(CCN)n1. The van der Waals surface area contributed by atoms with Crippen LogP contribution >= 0.6 is 0 Å². The number of fused-ring (bicyclic) bond motifs is 1. The topological polar surface area (TPSA) is 48.8 Å². The molecule has 0 atom stereocenters. The lowest BCUT2D eigenvalue weighted by atomic mass is 10.1. The van der Waals surface area contributed by atoms with Gasteiger partial charge < -0.3 is 10.3 Å². The third-order valence-electron chi connectivity index (χ3n) is 3.42. The zero-order chi connectivity index (χ0) is 13.4. The predicted octanol–water partition coefficient (Wildman–Crippen LogP) is 2.31. The van der Waals surface area contributed by atoms with Crippen LogP contribution in [0.2, 0.25) is 0 Å². The molecular weight excluding hydrogens is 236 g/mol. The van der Waals surface area contributed by atoms with Crippen molar-refractivity contribution >= 4 is 10.9 Å². The molecule has 0 unspecified atom stereocenters. The highest BCUT2D eigenvalue weighted by molar-refractivity contribution is 5.95. The van der Waals surface area contributed by atoms with Gasteiger partial charge in [0.25, 0.3) is 0 Å². The number of hydrogen-bond donors (Lipinski definition) is 1. The van der Waals surface area contributed by atoms with Crippen LogP contribution in [0.4, 0.5) is 0 Å². The molecule has 4 nitrogen and oxygen atoms in total. The minimum absolute atomic E-state index is 0.596. The van der Waals surface area contributed by atoms with E-state index in [0.29, 0.717) is 6.54 Å². The van der Waals surface area contributed by atoms with Crippen molar-refractivity contribution in [3.05, 3.63) is 42.2 Å². The van der Waals surface area contributed by atoms with Crippen LogP contribution < -0.4 is 5.73 Å². The number of nitrogens with zero attached hydrogens (tertiary/aromatic N) is 3. The van der Waals surface area contributed by atoms with Gasteiger partial charge in [0.05, 0.1) is 17.9 Å². The molecule has 0 aliphatic heterocycles. The van der Waals surface area contributed by atoms with Gasteiger partial charge in [-0.2, -0.15) is 5.10 Å². The molecule has 0 saturated heterocycles. The van der Waals surface area contributed by atoms with Crippen molar-refractivity contribution < 1.29 is 0 Å². The second-order valence-electron chi connectivity index (χ2n) is 4.85. The normalized spacial score (nSPS) is 11.3. The van der Waals surface area contributed by atoms with Crippen LogP contribution in [-0.4, -0.2) is 20.9 Å². The first-order valence-electron chi connectivity index (χ1n) is 6.49. The molecule has 2 N–H and O–H groups in total. The summed E-state index contributed by atoms with van der Waals surface area (Å²) in [6.07, 6.45) is 2.16. The molecule has 2 aromatic heterocycles. The van der Waals surface area contributed by atoms with Crippen molar-refractivity contribution in [1.29, 1.82) is 0 Å². The summed E-state index contributed by atoms with van der Waals surface area (Å²) in [4.78, 5) is 0. The van der Waals surface area contributed by atoms with Crippen molar-refractivity contribution in [1.82, 2.24) is 14.3 Å². The molecule has 0 bridgehead atoms. The summed E-state index contributed by atoms with van der Waals surface area (Å²) in [6.45, 7) is 3.35. The van der Waals surface area contributed by atoms with Gasteiger partial charge in [0, 0.05) is 36.3 Å². The summed E-state index contributed by atoms with van der Waals surface area (Å²) in [5, 5.41) is 5.77. The largest absolute Gasteiger partial charge is 0.350 e. The van der Waals surface area contributed by atoms with Gasteiger partial charge >= 0.3 is 0 Å². The average molecular weight is 254 g/mol. The maximum atomic E-state index is 5.67. The highest BCUT2D eigenvalue weighted by Crippen LogP contribution is 2.30. The van der Waals surface area contributed by atoms with Crippen molar-refractivity contribution in [3.8, 4) is 11.3 Å². The smallest absolute Gasteiger partial charge is 0.0707 e. The summed E-state index contributed by atoms with van der Waals surface area (Å²) >= 11 is 0. The zero-order valence-electron chi connectivity index (χ0n) is 11.3. The van der Waals surface area contributed by atoms with Crippen LogP contribution in [-0.2, 0) is 13.6 Å². The molecular formula is C15H18N4. The van der Waals surface area contributed by atoms with Crippen LogP contribution in [0.25, 0.3) is 22.2 Å². The molecule has 4 heteroatoms. The molecule has 0 aliphatic rings. The molecule has 0 amide bonds. The zero-order valence-corrected chi connectivity index (χ0v) is 11.3. The second kappa shape index (κ2) is 4.55. The predicted molar refractivity (Wildman–Crippen MR) is 77.9 cm³/mol. The summed E-state index contributed by atoms with van der Waals surface area (Å²) in [5.74, 6) is 0. The van der Waals surface area contributed by atoms with Crippen molar-refractivity contribution in [3.63, 3.8) is 0 Å². The molecule has 3 aromatic rings. The van der Waals surface area contributed by atoms with Crippen molar-refractivity contribution in [2.75, 3.05) is 6.54 Å². The fourth-order valence-corrected chi connectivity index (χ4v) is 2.60.